The molecule has 0 spiro atoms. The molecule has 0 N–H and O–H groups in total. The molecule has 0 aliphatic carbocycles. The monoisotopic (exact) mass is 427 g/mol. The molecule has 3 aromatic carbocycles. The number of nitrogens with zero attached hydrogens (tertiary/aromatic N) is 1. The molecule has 3 heteroatoms. The molecule has 0 unspecified atom stereocenters. The lowest BCUT2D eigenvalue weighted by Crippen LogP contribution is -2.37. The topological polar surface area (TPSA) is 12.5 Å². The Morgan fingerprint density at radius 1 is 0.806 bits per heavy atom. The maximum Gasteiger partial charge on any atom is 0.241 e. The SMILES string of the molecule is Cc1ccc([C@@H]2CC(O[Si](C)(C)C)=C[C@H](c3ccccc3)N2Cc2ccccc2)cc1. The van der Waals surface area contributed by atoms with Gasteiger partial charge in [0.05, 0.1) is 11.8 Å². The third kappa shape index (κ3) is 5.55. The first-order valence-corrected chi connectivity index (χ1v) is 14.6. The smallest absolute Gasteiger partial charge is 0.241 e. The van der Waals surface area contributed by atoms with E-state index in [4.69, 9.17) is 4.43 Å². The predicted molar refractivity (Wildman–Crippen MR) is 132 cm³/mol. The van der Waals surface area contributed by atoms with E-state index in [1.165, 1.54) is 22.3 Å². The van der Waals surface area contributed by atoms with Crippen LogP contribution in [0, 0.1) is 6.92 Å². The largest absolute Gasteiger partial charge is 0.547 e. The number of aryl methyl sites for hydroxylation is 1. The fourth-order valence-electron chi connectivity index (χ4n) is 4.35. The van der Waals surface area contributed by atoms with Crippen LogP contribution in [0.15, 0.2) is 96.8 Å². The van der Waals surface area contributed by atoms with Gasteiger partial charge in [0.25, 0.3) is 0 Å². The van der Waals surface area contributed by atoms with E-state index in [0.29, 0.717) is 0 Å². The molecule has 0 saturated heterocycles. The molecule has 2 atom stereocenters. The minimum absolute atomic E-state index is 0.174. The highest BCUT2D eigenvalue weighted by atomic mass is 28.4. The molecule has 31 heavy (non-hydrogen) atoms. The molecule has 0 saturated carbocycles. The highest BCUT2D eigenvalue weighted by molar-refractivity contribution is 6.70. The molecule has 0 fully saturated rings. The summed E-state index contributed by atoms with van der Waals surface area (Å²) in [5.74, 6) is 1.14. The van der Waals surface area contributed by atoms with Gasteiger partial charge < -0.3 is 4.43 Å². The third-order valence-electron chi connectivity index (χ3n) is 5.74. The van der Waals surface area contributed by atoms with Gasteiger partial charge >= 0.3 is 0 Å². The molecule has 1 aliphatic rings. The van der Waals surface area contributed by atoms with Gasteiger partial charge in [0.2, 0.25) is 8.32 Å². The maximum atomic E-state index is 6.58. The first kappa shape index (κ1) is 21.6. The molecular weight excluding hydrogens is 394 g/mol. The average molecular weight is 428 g/mol. The molecule has 1 heterocycles. The second kappa shape index (κ2) is 9.25. The Bertz CT molecular complexity index is 1010. The molecule has 4 rings (SSSR count). The van der Waals surface area contributed by atoms with E-state index in [2.05, 4.69) is 122 Å². The Kier molecular flexibility index (Phi) is 6.45. The summed E-state index contributed by atoms with van der Waals surface area (Å²) in [4.78, 5) is 2.63. The van der Waals surface area contributed by atoms with Crippen LogP contribution in [0.5, 0.6) is 0 Å². The van der Waals surface area contributed by atoms with Crippen molar-refractivity contribution in [2.45, 2.75) is 51.6 Å². The lowest BCUT2D eigenvalue weighted by molar-refractivity contribution is 0.119. The first-order chi connectivity index (χ1) is 14.9. The average Bonchev–Trinajstić information content (AvgIpc) is 2.75. The van der Waals surface area contributed by atoms with Crippen molar-refractivity contribution >= 4 is 8.32 Å². The quantitative estimate of drug-likeness (QED) is 0.380. The van der Waals surface area contributed by atoms with E-state index >= 15 is 0 Å². The van der Waals surface area contributed by atoms with E-state index in [1.807, 2.05) is 0 Å². The van der Waals surface area contributed by atoms with Crippen molar-refractivity contribution in [3.05, 3.63) is 119 Å². The summed E-state index contributed by atoms with van der Waals surface area (Å²) in [5, 5.41) is 0. The lowest BCUT2D eigenvalue weighted by atomic mass is 9.90. The van der Waals surface area contributed by atoms with Gasteiger partial charge in [-0.2, -0.15) is 0 Å². The van der Waals surface area contributed by atoms with Gasteiger partial charge in [0.15, 0.2) is 0 Å². The Balaban J connectivity index is 1.79. The summed E-state index contributed by atoms with van der Waals surface area (Å²) in [6.07, 6.45) is 3.27. The summed E-state index contributed by atoms with van der Waals surface area (Å²) in [6.45, 7) is 9.85. The van der Waals surface area contributed by atoms with Crippen LogP contribution in [0.1, 0.15) is 40.8 Å². The highest BCUT2D eigenvalue weighted by Crippen LogP contribution is 2.42. The first-order valence-electron chi connectivity index (χ1n) is 11.2. The summed E-state index contributed by atoms with van der Waals surface area (Å²) >= 11 is 0. The van der Waals surface area contributed by atoms with Crippen molar-refractivity contribution in [1.29, 1.82) is 0 Å². The van der Waals surface area contributed by atoms with Crippen LogP contribution >= 0.6 is 0 Å². The maximum absolute atomic E-state index is 6.58. The molecule has 2 nitrogen and oxygen atoms in total. The number of benzene rings is 3. The van der Waals surface area contributed by atoms with Crippen molar-refractivity contribution in [3.8, 4) is 0 Å². The second-order valence-corrected chi connectivity index (χ2v) is 13.9. The zero-order valence-electron chi connectivity index (χ0n) is 19.1. The summed E-state index contributed by atoms with van der Waals surface area (Å²) in [7, 11) is -1.70. The van der Waals surface area contributed by atoms with Gasteiger partial charge in [-0.25, -0.2) is 0 Å². The van der Waals surface area contributed by atoms with Crippen LogP contribution in [-0.2, 0) is 11.0 Å². The van der Waals surface area contributed by atoms with E-state index < -0.39 is 8.32 Å². The van der Waals surface area contributed by atoms with Gasteiger partial charge in [-0.05, 0) is 49.3 Å². The van der Waals surface area contributed by atoms with E-state index in [9.17, 15) is 0 Å². The van der Waals surface area contributed by atoms with Crippen molar-refractivity contribution in [3.63, 3.8) is 0 Å². The molecule has 0 amide bonds. The molecule has 3 aromatic rings. The van der Waals surface area contributed by atoms with Gasteiger partial charge in [-0.3, -0.25) is 4.90 Å². The standard InChI is InChI=1S/C28H33NOSi/c1-22-15-17-25(18-16-22)28-20-26(30-31(2,3)4)19-27(24-13-9-6-10-14-24)29(28)21-23-11-7-5-8-12-23/h5-19,27-28H,20-21H2,1-4H3/t27-,28+/m1/s1. The fraction of sp³-hybridized carbons (Fsp3) is 0.286. The minimum atomic E-state index is -1.70. The van der Waals surface area contributed by atoms with E-state index in [0.717, 1.165) is 18.7 Å². The Labute approximate surface area is 188 Å². The van der Waals surface area contributed by atoms with Gasteiger partial charge in [-0.1, -0.05) is 90.5 Å². The van der Waals surface area contributed by atoms with E-state index in [-0.39, 0.29) is 12.1 Å². The Hall–Kier alpha value is -2.62. The fourth-order valence-corrected chi connectivity index (χ4v) is 5.29. The molecule has 1 aliphatic heterocycles. The molecule has 160 valence electrons. The van der Waals surface area contributed by atoms with Gasteiger partial charge in [-0.15, -0.1) is 0 Å². The molecule has 0 radical (unpaired) electrons. The number of rotatable bonds is 6. The third-order valence-corrected chi connectivity index (χ3v) is 6.62. The molecular formula is C28H33NOSi. The van der Waals surface area contributed by atoms with Crippen LogP contribution in [0.3, 0.4) is 0 Å². The zero-order chi connectivity index (χ0) is 21.8. The van der Waals surface area contributed by atoms with Crippen LogP contribution in [-0.4, -0.2) is 13.2 Å². The summed E-state index contributed by atoms with van der Waals surface area (Å²) in [6, 6.07) is 31.1. The highest BCUT2D eigenvalue weighted by Gasteiger charge is 2.34. The Morgan fingerprint density at radius 3 is 2.03 bits per heavy atom. The summed E-state index contributed by atoms with van der Waals surface area (Å²) in [5.41, 5.74) is 5.30. The number of hydrogen-bond donors (Lipinski definition) is 0. The Morgan fingerprint density at radius 2 is 1.42 bits per heavy atom. The van der Waals surface area contributed by atoms with Gasteiger partial charge in [0, 0.05) is 19.0 Å². The van der Waals surface area contributed by atoms with E-state index in [1.54, 1.807) is 0 Å². The van der Waals surface area contributed by atoms with Crippen LogP contribution in [0.4, 0.5) is 0 Å². The van der Waals surface area contributed by atoms with Crippen LogP contribution in [0.2, 0.25) is 19.6 Å². The van der Waals surface area contributed by atoms with Crippen molar-refractivity contribution in [2.75, 3.05) is 0 Å². The summed E-state index contributed by atoms with van der Waals surface area (Å²) < 4.78 is 6.58. The number of hydrogen-bond acceptors (Lipinski definition) is 2. The second-order valence-electron chi connectivity index (χ2n) is 9.49. The minimum Gasteiger partial charge on any atom is -0.547 e. The normalized spacial score (nSPS) is 19.7. The lowest BCUT2D eigenvalue weighted by Gasteiger charge is -2.42. The molecule has 0 aromatic heterocycles. The van der Waals surface area contributed by atoms with Crippen molar-refractivity contribution in [2.24, 2.45) is 0 Å². The van der Waals surface area contributed by atoms with Crippen LogP contribution < -0.4 is 0 Å². The van der Waals surface area contributed by atoms with Crippen molar-refractivity contribution in [1.82, 2.24) is 4.90 Å². The predicted octanol–water partition coefficient (Wildman–Crippen LogP) is 7.42. The van der Waals surface area contributed by atoms with Crippen LogP contribution in [0.25, 0.3) is 0 Å². The molecule has 0 bridgehead atoms. The van der Waals surface area contributed by atoms with Gasteiger partial charge in [0.1, 0.15) is 0 Å². The van der Waals surface area contributed by atoms with Crippen molar-refractivity contribution < 1.29 is 4.43 Å². The zero-order valence-corrected chi connectivity index (χ0v) is 20.1.